The zero-order valence-corrected chi connectivity index (χ0v) is 14.4. The number of aromatic nitrogens is 3. The van der Waals surface area contributed by atoms with Gasteiger partial charge in [0.15, 0.2) is 5.82 Å². The van der Waals surface area contributed by atoms with Gasteiger partial charge in [-0.05, 0) is 31.0 Å². The second-order valence-electron chi connectivity index (χ2n) is 6.77. The number of aryl methyl sites for hydroxylation is 1. The Morgan fingerprint density at radius 2 is 2.32 bits per heavy atom. The molecule has 0 saturated carbocycles. The topological polar surface area (TPSA) is 80.3 Å². The molecule has 2 aliphatic rings. The average Bonchev–Trinajstić information content (AvgIpc) is 3.28. The van der Waals surface area contributed by atoms with E-state index in [1.807, 2.05) is 36.1 Å². The maximum Gasteiger partial charge on any atom is 0.227 e. The lowest BCUT2D eigenvalue weighted by molar-refractivity contribution is -0.130. The Morgan fingerprint density at radius 3 is 3.04 bits per heavy atom. The first-order valence-corrected chi connectivity index (χ1v) is 8.57. The number of fused-ring (bicyclic) bond motifs is 1. The van der Waals surface area contributed by atoms with E-state index in [4.69, 9.17) is 9.47 Å². The Labute approximate surface area is 146 Å². The zero-order valence-electron chi connectivity index (χ0n) is 14.4. The first-order chi connectivity index (χ1) is 12.1. The minimum absolute atomic E-state index is 0.0596. The van der Waals surface area contributed by atoms with E-state index in [0.717, 1.165) is 35.9 Å². The van der Waals surface area contributed by atoms with Gasteiger partial charge in [-0.25, -0.2) is 4.98 Å². The number of nitrogens with one attached hydrogen (secondary N) is 1. The molecule has 3 heterocycles. The number of methoxy groups -OCH3 is 1. The Kier molecular flexibility index (Phi) is 4.17. The van der Waals surface area contributed by atoms with Crippen molar-refractivity contribution in [3.8, 4) is 5.75 Å². The van der Waals surface area contributed by atoms with Gasteiger partial charge in [-0.2, -0.15) is 5.10 Å². The quantitative estimate of drug-likeness (QED) is 0.914. The second-order valence-corrected chi connectivity index (χ2v) is 6.77. The van der Waals surface area contributed by atoms with Gasteiger partial charge in [0.1, 0.15) is 17.7 Å². The lowest BCUT2D eigenvalue weighted by atomic mass is 10.0. The van der Waals surface area contributed by atoms with Crippen LogP contribution in [0.2, 0.25) is 0 Å². The van der Waals surface area contributed by atoms with Gasteiger partial charge in [0, 0.05) is 19.0 Å². The summed E-state index contributed by atoms with van der Waals surface area (Å²) in [4.78, 5) is 18.9. The van der Waals surface area contributed by atoms with Crippen molar-refractivity contribution in [1.82, 2.24) is 20.1 Å². The summed E-state index contributed by atoms with van der Waals surface area (Å²) in [6, 6.07) is 7.65. The smallest absolute Gasteiger partial charge is 0.227 e. The number of carbonyl (C=O) groups excluding carboxylic acids is 1. The van der Waals surface area contributed by atoms with Crippen molar-refractivity contribution in [1.29, 1.82) is 0 Å². The largest absolute Gasteiger partial charge is 0.497 e. The first kappa shape index (κ1) is 16.1. The van der Waals surface area contributed by atoms with Gasteiger partial charge >= 0.3 is 0 Å². The molecule has 7 heteroatoms. The van der Waals surface area contributed by atoms with Crippen LogP contribution in [-0.2, 0) is 16.0 Å². The Morgan fingerprint density at radius 1 is 1.44 bits per heavy atom. The highest BCUT2D eigenvalue weighted by Crippen LogP contribution is 2.39. The lowest BCUT2D eigenvalue weighted by Gasteiger charge is -2.19. The van der Waals surface area contributed by atoms with Crippen LogP contribution in [-0.4, -0.2) is 52.3 Å². The van der Waals surface area contributed by atoms with Gasteiger partial charge < -0.3 is 14.4 Å². The molecule has 3 atom stereocenters. The summed E-state index contributed by atoms with van der Waals surface area (Å²) in [5.74, 6) is 2.79. The third-order valence-electron chi connectivity index (χ3n) is 4.98. The molecule has 0 aliphatic carbocycles. The Balaban J connectivity index is 1.35. The van der Waals surface area contributed by atoms with Crippen LogP contribution < -0.4 is 4.74 Å². The van der Waals surface area contributed by atoms with Gasteiger partial charge in [-0.15, -0.1) is 0 Å². The van der Waals surface area contributed by atoms with Gasteiger partial charge in [0.05, 0.1) is 19.6 Å². The third kappa shape index (κ3) is 3.24. The molecule has 2 aromatic rings. The van der Waals surface area contributed by atoms with Crippen LogP contribution in [0.5, 0.6) is 5.75 Å². The highest BCUT2D eigenvalue weighted by atomic mass is 16.5. The number of H-pyrrole nitrogens is 1. The van der Waals surface area contributed by atoms with Gasteiger partial charge in [-0.1, -0.05) is 12.1 Å². The number of hydrogen-bond acceptors (Lipinski definition) is 5. The number of hydrogen-bond donors (Lipinski definition) is 1. The summed E-state index contributed by atoms with van der Waals surface area (Å²) in [5, 5.41) is 7.06. The SMILES string of the molecule is COc1cccc(CC(=O)N2C[C@@H]3C[C@@H](c4n[nH]c(C)n4)O[C@@H]3C2)c1. The van der Waals surface area contributed by atoms with E-state index in [9.17, 15) is 4.79 Å². The van der Waals surface area contributed by atoms with Crippen LogP contribution in [0.3, 0.4) is 0 Å². The molecule has 2 saturated heterocycles. The van der Waals surface area contributed by atoms with E-state index < -0.39 is 0 Å². The van der Waals surface area contributed by atoms with Crippen molar-refractivity contribution in [2.45, 2.75) is 32.0 Å². The molecule has 0 radical (unpaired) electrons. The molecule has 1 N–H and O–H groups in total. The molecular formula is C18H22N4O3. The van der Waals surface area contributed by atoms with E-state index >= 15 is 0 Å². The number of nitrogens with zero attached hydrogens (tertiary/aromatic N) is 3. The number of benzene rings is 1. The molecule has 1 aromatic carbocycles. The van der Waals surface area contributed by atoms with E-state index in [2.05, 4.69) is 15.2 Å². The summed E-state index contributed by atoms with van der Waals surface area (Å²) in [6.45, 7) is 3.27. The van der Waals surface area contributed by atoms with E-state index in [1.54, 1.807) is 7.11 Å². The first-order valence-electron chi connectivity index (χ1n) is 8.57. The fraction of sp³-hybridized carbons (Fsp3) is 0.500. The standard InChI is InChI=1S/C18H22N4O3/c1-11-19-18(21-20-11)15-8-13-9-22(10-16(13)25-15)17(23)7-12-4-3-5-14(6-12)24-2/h3-6,13,15-16H,7-10H2,1-2H3,(H,19,20,21)/t13-,15-,16+/m0/s1. The number of likely N-dealkylation sites (tertiary alicyclic amines) is 1. The van der Waals surface area contributed by atoms with E-state index in [-0.39, 0.29) is 18.1 Å². The number of aromatic amines is 1. The van der Waals surface area contributed by atoms with Crippen LogP contribution in [0.1, 0.15) is 29.7 Å². The molecule has 1 aromatic heterocycles. The molecular weight excluding hydrogens is 320 g/mol. The monoisotopic (exact) mass is 342 g/mol. The van der Waals surface area contributed by atoms with Crippen molar-refractivity contribution < 1.29 is 14.3 Å². The van der Waals surface area contributed by atoms with E-state index in [1.165, 1.54) is 0 Å². The van der Waals surface area contributed by atoms with Gasteiger partial charge in [0.2, 0.25) is 5.91 Å². The van der Waals surface area contributed by atoms with Crippen molar-refractivity contribution in [2.24, 2.45) is 5.92 Å². The molecule has 0 unspecified atom stereocenters. The van der Waals surface area contributed by atoms with Crippen LogP contribution >= 0.6 is 0 Å². The Bertz CT molecular complexity index is 761. The van der Waals surface area contributed by atoms with Crippen LogP contribution in [0, 0.1) is 12.8 Å². The fourth-order valence-electron chi connectivity index (χ4n) is 3.71. The molecule has 25 heavy (non-hydrogen) atoms. The van der Waals surface area contributed by atoms with Crippen molar-refractivity contribution in [3.63, 3.8) is 0 Å². The van der Waals surface area contributed by atoms with Crippen molar-refractivity contribution in [2.75, 3.05) is 20.2 Å². The van der Waals surface area contributed by atoms with Crippen LogP contribution in [0.25, 0.3) is 0 Å². The molecule has 0 spiro atoms. The maximum atomic E-state index is 12.6. The predicted octanol–water partition coefficient (Wildman–Crippen LogP) is 1.65. The lowest BCUT2D eigenvalue weighted by Crippen LogP contribution is -2.32. The molecule has 2 aliphatic heterocycles. The molecule has 1 amide bonds. The second kappa shape index (κ2) is 6.48. The minimum Gasteiger partial charge on any atom is -0.497 e. The number of amides is 1. The summed E-state index contributed by atoms with van der Waals surface area (Å²) >= 11 is 0. The van der Waals surface area contributed by atoms with Crippen molar-refractivity contribution >= 4 is 5.91 Å². The molecule has 132 valence electrons. The molecule has 2 fully saturated rings. The van der Waals surface area contributed by atoms with Crippen molar-refractivity contribution in [3.05, 3.63) is 41.5 Å². The summed E-state index contributed by atoms with van der Waals surface area (Å²) in [7, 11) is 1.63. The fourth-order valence-corrected chi connectivity index (χ4v) is 3.71. The zero-order chi connectivity index (χ0) is 17.4. The third-order valence-corrected chi connectivity index (χ3v) is 4.98. The summed E-state index contributed by atoms with van der Waals surface area (Å²) in [6.07, 6.45) is 1.28. The minimum atomic E-state index is -0.0596. The Hall–Kier alpha value is -2.41. The highest BCUT2D eigenvalue weighted by molar-refractivity contribution is 5.79. The number of rotatable bonds is 4. The maximum absolute atomic E-state index is 12.6. The number of ether oxygens (including phenoxy) is 2. The molecule has 4 rings (SSSR count). The van der Waals surface area contributed by atoms with Crippen LogP contribution in [0.4, 0.5) is 0 Å². The highest BCUT2D eigenvalue weighted by Gasteiger charge is 2.44. The average molecular weight is 342 g/mol. The normalized spacial score (nSPS) is 25.2. The number of carbonyl (C=O) groups is 1. The molecule has 0 bridgehead atoms. The molecule has 7 nitrogen and oxygen atoms in total. The summed E-state index contributed by atoms with van der Waals surface area (Å²) < 4.78 is 11.3. The predicted molar refractivity (Wildman–Crippen MR) is 90.1 cm³/mol. The van der Waals surface area contributed by atoms with E-state index in [0.29, 0.717) is 18.9 Å². The summed E-state index contributed by atoms with van der Waals surface area (Å²) in [5.41, 5.74) is 0.969. The van der Waals surface area contributed by atoms with Gasteiger partial charge in [-0.3, -0.25) is 9.89 Å². The van der Waals surface area contributed by atoms with Crippen LogP contribution in [0.15, 0.2) is 24.3 Å². The van der Waals surface area contributed by atoms with Gasteiger partial charge in [0.25, 0.3) is 0 Å².